The summed E-state index contributed by atoms with van der Waals surface area (Å²) in [5, 5.41) is 2.94. The van der Waals surface area contributed by atoms with Gasteiger partial charge in [-0.05, 0) is 56.3 Å². The van der Waals surface area contributed by atoms with E-state index in [0.29, 0.717) is 30.0 Å². The summed E-state index contributed by atoms with van der Waals surface area (Å²) in [5.41, 5.74) is 3.02. The van der Waals surface area contributed by atoms with Crippen molar-refractivity contribution in [2.24, 2.45) is 0 Å². The van der Waals surface area contributed by atoms with Gasteiger partial charge in [0.1, 0.15) is 12.4 Å². The molecule has 37 heavy (non-hydrogen) atoms. The summed E-state index contributed by atoms with van der Waals surface area (Å²) >= 11 is 0. The van der Waals surface area contributed by atoms with E-state index in [0.717, 1.165) is 22.5 Å². The fourth-order valence-electron chi connectivity index (χ4n) is 4.39. The van der Waals surface area contributed by atoms with Crippen LogP contribution in [0.4, 0.5) is 5.69 Å². The zero-order chi connectivity index (χ0) is 26.4. The van der Waals surface area contributed by atoms with Crippen LogP contribution in [0.1, 0.15) is 30.0 Å². The molecule has 8 nitrogen and oxygen atoms in total. The summed E-state index contributed by atoms with van der Waals surface area (Å²) in [6, 6.07) is 22.4. The average Bonchev–Trinajstić information content (AvgIpc) is 3.25. The highest BCUT2D eigenvalue weighted by Gasteiger charge is 2.22. The number of aromatic nitrogens is 2. The quantitative estimate of drug-likeness (QED) is 0.347. The molecule has 0 aliphatic rings. The van der Waals surface area contributed by atoms with E-state index in [2.05, 4.69) is 5.32 Å². The molecule has 0 unspecified atom stereocenters. The first-order valence-electron chi connectivity index (χ1n) is 12.2. The largest absolute Gasteiger partial charge is 0.493 e. The molecule has 0 fully saturated rings. The predicted octanol–water partition coefficient (Wildman–Crippen LogP) is 4.47. The summed E-state index contributed by atoms with van der Waals surface area (Å²) in [5.74, 6) is 1.53. The number of para-hydroxylation sites is 3. The number of hydrogen-bond acceptors (Lipinski definition) is 5. The molecule has 4 rings (SSSR count). The number of ether oxygens (including phenoxy) is 2. The maximum Gasteiger partial charge on any atom is 0.251 e. The second-order valence-corrected chi connectivity index (χ2v) is 8.87. The van der Waals surface area contributed by atoms with Crippen molar-refractivity contribution in [3.8, 4) is 11.5 Å². The first-order chi connectivity index (χ1) is 17.9. The van der Waals surface area contributed by atoms with Crippen LogP contribution < -0.4 is 19.7 Å². The Balaban J connectivity index is 1.52. The fourth-order valence-corrected chi connectivity index (χ4v) is 4.39. The van der Waals surface area contributed by atoms with Crippen molar-refractivity contribution in [1.82, 2.24) is 14.9 Å². The number of fused-ring (bicyclic) bond motifs is 1. The Hall–Kier alpha value is -4.33. The number of methoxy groups -OCH3 is 2. The van der Waals surface area contributed by atoms with Crippen molar-refractivity contribution in [3.05, 3.63) is 84.2 Å². The maximum atomic E-state index is 13.5. The molecular formula is C29H32N4O4. The molecule has 1 heterocycles. The van der Waals surface area contributed by atoms with E-state index in [1.54, 1.807) is 30.2 Å². The van der Waals surface area contributed by atoms with Gasteiger partial charge < -0.3 is 24.3 Å². The van der Waals surface area contributed by atoms with Gasteiger partial charge in [-0.15, -0.1) is 0 Å². The van der Waals surface area contributed by atoms with Gasteiger partial charge in [-0.1, -0.05) is 30.3 Å². The number of anilines is 1. The lowest BCUT2D eigenvalue weighted by molar-refractivity contribution is -0.119. The number of nitrogens with zero attached hydrogens (tertiary/aromatic N) is 3. The summed E-state index contributed by atoms with van der Waals surface area (Å²) in [7, 11) is 3.08. The zero-order valence-electron chi connectivity index (χ0n) is 21.6. The van der Waals surface area contributed by atoms with Crippen LogP contribution in [0.5, 0.6) is 11.5 Å². The highest BCUT2D eigenvalue weighted by Crippen LogP contribution is 2.27. The number of carbonyl (C=O) groups excluding carboxylic acids is 2. The van der Waals surface area contributed by atoms with E-state index in [-0.39, 0.29) is 24.4 Å². The second kappa shape index (κ2) is 11.6. The van der Waals surface area contributed by atoms with E-state index in [9.17, 15) is 9.59 Å². The first kappa shape index (κ1) is 25.8. The standard InChI is InChI=1S/C29H32N4O4/c1-20(2)33(22-10-6-5-7-11-22)28(34)19-32-24-13-9-8-12-23(24)31-27(32)16-17-30-29(35)21-14-15-25(36-3)26(18-21)37-4/h5-15,18,20H,16-17,19H2,1-4H3,(H,30,35). The molecule has 0 saturated heterocycles. The molecule has 0 aliphatic heterocycles. The predicted molar refractivity (Wildman–Crippen MR) is 144 cm³/mol. The molecular weight excluding hydrogens is 468 g/mol. The Labute approximate surface area is 216 Å². The fraction of sp³-hybridized carbons (Fsp3) is 0.276. The van der Waals surface area contributed by atoms with Crippen LogP contribution in [0.15, 0.2) is 72.8 Å². The van der Waals surface area contributed by atoms with Crippen molar-refractivity contribution in [3.63, 3.8) is 0 Å². The van der Waals surface area contributed by atoms with E-state index in [1.165, 1.54) is 7.11 Å². The summed E-state index contributed by atoms with van der Waals surface area (Å²) in [6.45, 7) is 4.51. The molecule has 192 valence electrons. The molecule has 1 N–H and O–H groups in total. The van der Waals surface area contributed by atoms with Crippen molar-refractivity contribution in [2.75, 3.05) is 25.7 Å². The lowest BCUT2D eigenvalue weighted by atomic mass is 10.2. The number of rotatable bonds is 10. The lowest BCUT2D eigenvalue weighted by Crippen LogP contribution is -2.39. The van der Waals surface area contributed by atoms with Crippen LogP contribution in [0.3, 0.4) is 0 Å². The summed E-state index contributed by atoms with van der Waals surface area (Å²) in [6.07, 6.45) is 0.466. The number of carbonyl (C=O) groups is 2. The van der Waals surface area contributed by atoms with Gasteiger partial charge in [-0.3, -0.25) is 9.59 Å². The number of benzene rings is 3. The molecule has 0 bridgehead atoms. The van der Waals surface area contributed by atoms with Gasteiger partial charge in [-0.25, -0.2) is 4.98 Å². The van der Waals surface area contributed by atoms with E-state index in [1.807, 2.05) is 73.0 Å². The van der Waals surface area contributed by atoms with Gasteiger partial charge in [-0.2, -0.15) is 0 Å². The van der Waals surface area contributed by atoms with Gasteiger partial charge in [0.2, 0.25) is 5.91 Å². The first-order valence-corrected chi connectivity index (χ1v) is 12.2. The minimum absolute atomic E-state index is 0.00564. The van der Waals surface area contributed by atoms with Gasteiger partial charge in [0.15, 0.2) is 11.5 Å². The highest BCUT2D eigenvalue weighted by molar-refractivity contribution is 5.95. The molecule has 1 aromatic heterocycles. The highest BCUT2D eigenvalue weighted by atomic mass is 16.5. The number of amides is 2. The minimum Gasteiger partial charge on any atom is -0.493 e. The molecule has 0 saturated carbocycles. The molecule has 2 amide bonds. The molecule has 0 aliphatic carbocycles. The third-order valence-electron chi connectivity index (χ3n) is 6.13. The van der Waals surface area contributed by atoms with Gasteiger partial charge in [0.25, 0.3) is 5.91 Å². The van der Waals surface area contributed by atoms with Crippen molar-refractivity contribution >= 4 is 28.5 Å². The van der Waals surface area contributed by atoms with Crippen LogP contribution in [0, 0.1) is 0 Å². The van der Waals surface area contributed by atoms with Crippen LogP contribution >= 0.6 is 0 Å². The third kappa shape index (κ3) is 5.74. The Morgan fingerprint density at radius 2 is 1.65 bits per heavy atom. The van der Waals surface area contributed by atoms with Crippen LogP contribution in [-0.4, -0.2) is 48.2 Å². The molecule has 0 atom stereocenters. The Bertz CT molecular complexity index is 1380. The van der Waals surface area contributed by atoms with E-state index in [4.69, 9.17) is 14.5 Å². The third-order valence-corrected chi connectivity index (χ3v) is 6.13. The second-order valence-electron chi connectivity index (χ2n) is 8.87. The van der Waals surface area contributed by atoms with E-state index < -0.39 is 0 Å². The SMILES string of the molecule is COc1ccc(C(=O)NCCc2nc3ccccc3n2CC(=O)N(c2ccccc2)C(C)C)cc1OC. The minimum atomic E-state index is -0.227. The van der Waals surface area contributed by atoms with Crippen molar-refractivity contribution in [2.45, 2.75) is 32.9 Å². The van der Waals surface area contributed by atoms with Crippen LogP contribution in [-0.2, 0) is 17.8 Å². The molecule has 0 radical (unpaired) electrons. The molecule has 0 spiro atoms. The van der Waals surface area contributed by atoms with Gasteiger partial charge in [0.05, 0.1) is 25.3 Å². The molecule has 3 aromatic carbocycles. The van der Waals surface area contributed by atoms with Crippen molar-refractivity contribution < 1.29 is 19.1 Å². The summed E-state index contributed by atoms with van der Waals surface area (Å²) in [4.78, 5) is 32.8. The normalized spacial score (nSPS) is 10.9. The zero-order valence-corrected chi connectivity index (χ0v) is 21.6. The topological polar surface area (TPSA) is 85.7 Å². The number of nitrogens with one attached hydrogen (secondary N) is 1. The smallest absolute Gasteiger partial charge is 0.251 e. The molecule has 4 aromatic rings. The summed E-state index contributed by atoms with van der Waals surface area (Å²) < 4.78 is 12.5. The van der Waals surface area contributed by atoms with Gasteiger partial charge in [0, 0.05) is 30.3 Å². The lowest BCUT2D eigenvalue weighted by Gasteiger charge is -2.27. The van der Waals surface area contributed by atoms with Crippen LogP contribution in [0.2, 0.25) is 0 Å². The Kier molecular flexibility index (Phi) is 8.08. The maximum absolute atomic E-state index is 13.5. The Morgan fingerprint density at radius 1 is 0.946 bits per heavy atom. The molecule has 8 heteroatoms. The Morgan fingerprint density at radius 3 is 2.35 bits per heavy atom. The number of imidazole rings is 1. The number of hydrogen-bond donors (Lipinski definition) is 1. The van der Waals surface area contributed by atoms with Crippen LogP contribution in [0.25, 0.3) is 11.0 Å². The average molecular weight is 501 g/mol. The monoisotopic (exact) mass is 500 g/mol. The van der Waals surface area contributed by atoms with E-state index >= 15 is 0 Å². The van der Waals surface area contributed by atoms with Crippen molar-refractivity contribution in [1.29, 1.82) is 0 Å². The van der Waals surface area contributed by atoms with Gasteiger partial charge >= 0.3 is 0 Å².